The van der Waals surface area contributed by atoms with E-state index in [1.807, 2.05) is 0 Å². The van der Waals surface area contributed by atoms with Gasteiger partial charge < -0.3 is 9.26 Å². The fourth-order valence-electron chi connectivity index (χ4n) is 1.75. The minimum Gasteiger partial charge on any atom is -0.465 e. The summed E-state index contributed by atoms with van der Waals surface area (Å²) in [6.07, 6.45) is -4.47. The van der Waals surface area contributed by atoms with Crippen LogP contribution in [0.15, 0.2) is 28.8 Å². The number of rotatable bonds is 2. The van der Waals surface area contributed by atoms with Crippen molar-refractivity contribution in [2.24, 2.45) is 0 Å². The van der Waals surface area contributed by atoms with E-state index < -0.39 is 17.7 Å². The van der Waals surface area contributed by atoms with Gasteiger partial charge in [-0.25, -0.2) is 4.79 Å². The van der Waals surface area contributed by atoms with Crippen molar-refractivity contribution >= 4 is 5.97 Å². The van der Waals surface area contributed by atoms with E-state index in [1.54, 1.807) is 0 Å². The third-order valence-corrected chi connectivity index (χ3v) is 2.72. The number of alkyl halides is 3. The average molecular weight is 285 g/mol. The van der Waals surface area contributed by atoms with E-state index >= 15 is 0 Å². The van der Waals surface area contributed by atoms with Gasteiger partial charge in [0.15, 0.2) is 0 Å². The number of hydrogen-bond acceptors (Lipinski definition) is 4. The molecule has 7 heteroatoms. The fraction of sp³-hybridized carbons (Fsp3) is 0.231. The highest BCUT2D eigenvalue weighted by Crippen LogP contribution is 2.33. The Morgan fingerprint density at radius 3 is 2.65 bits per heavy atom. The second-order valence-corrected chi connectivity index (χ2v) is 4.03. The van der Waals surface area contributed by atoms with Crippen LogP contribution in [0.1, 0.15) is 21.7 Å². The Balaban J connectivity index is 2.56. The molecule has 0 fully saturated rings. The molecule has 0 amide bonds. The molecule has 1 aromatic heterocycles. The van der Waals surface area contributed by atoms with Gasteiger partial charge in [0.05, 0.1) is 12.7 Å². The van der Waals surface area contributed by atoms with Gasteiger partial charge >= 0.3 is 12.1 Å². The maximum absolute atomic E-state index is 12.7. The van der Waals surface area contributed by atoms with E-state index in [1.165, 1.54) is 26.2 Å². The fourth-order valence-corrected chi connectivity index (χ4v) is 1.75. The highest BCUT2D eigenvalue weighted by molar-refractivity contribution is 5.97. The lowest BCUT2D eigenvalue weighted by atomic mass is 10.0. The van der Waals surface area contributed by atoms with Crippen molar-refractivity contribution in [3.63, 3.8) is 0 Å². The average Bonchev–Trinajstić information content (AvgIpc) is 2.79. The van der Waals surface area contributed by atoms with E-state index in [9.17, 15) is 18.0 Å². The molecule has 0 saturated heterocycles. The zero-order chi connectivity index (χ0) is 14.9. The first kappa shape index (κ1) is 14.1. The van der Waals surface area contributed by atoms with Gasteiger partial charge in [-0.05, 0) is 19.1 Å². The predicted octanol–water partition coefficient (Wildman–Crippen LogP) is 3.46. The molecule has 0 bridgehead atoms. The van der Waals surface area contributed by atoms with Crippen molar-refractivity contribution in [3.8, 4) is 11.3 Å². The van der Waals surface area contributed by atoms with Crippen molar-refractivity contribution in [2.45, 2.75) is 13.1 Å². The Morgan fingerprint density at radius 2 is 2.05 bits per heavy atom. The molecule has 2 aromatic rings. The minimum absolute atomic E-state index is 0.0202. The van der Waals surface area contributed by atoms with Gasteiger partial charge in [-0.2, -0.15) is 13.2 Å². The smallest absolute Gasteiger partial charge is 0.416 e. The summed E-state index contributed by atoms with van der Waals surface area (Å²) in [7, 11) is 1.17. The highest BCUT2D eigenvalue weighted by Gasteiger charge is 2.31. The molecule has 0 spiro atoms. The molecule has 0 radical (unpaired) electrons. The van der Waals surface area contributed by atoms with Gasteiger partial charge in [-0.3, -0.25) is 0 Å². The molecule has 106 valence electrons. The number of nitrogens with zero attached hydrogens (tertiary/aromatic N) is 1. The number of hydrogen-bond donors (Lipinski definition) is 0. The van der Waals surface area contributed by atoms with E-state index in [0.717, 1.165) is 12.1 Å². The number of carbonyl (C=O) groups excluding carboxylic acids is 1. The lowest BCUT2D eigenvalue weighted by molar-refractivity contribution is -0.137. The molecule has 1 aromatic carbocycles. The van der Waals surface area contributed by atoms with Crippen molar-refractivity contribution in [3.05, 3.63) is 41.2 Å². The molecular weight excluding hydrogens is 275 g/mol. The van der Waals surface area contributed by atoms with Crippen LogP contribution in [-0.2, 0) is 10.9 Å². The van der Waals surface area contributed by atoms with E-state index in [-0.39, 0.29) is 22.6 Å². The van der Waals surface area contributed by atoms with Crippen LogP contribution in [-0.4, -0.2) is 18.2 Å². The summed E-state index contributed by atoms with van der Waals surface area (Å²) >= 11 is 0. The van der Waals surface area contributed by atoms with Crippen molar-refractivity contribution < 1.29 is 27.2 Å². The monoisotopic (exact) mass is 285 g/mol. The largest absolute Gasteiger partial charge is 0.465 e. The molecule has 0 unspecified atom stereocenters. The van der Waals surface area contributed by atoms with Crippen molar-refractivity contribution in [1.82, 2.24) is 5.16 Å². The third kappa shape index (κ3) is 2.52. The second-order valence-electron chi connectivity index (χ2n) is 4.03. The Hall–Kier alpha value is -2.31. The zero-order valence-corrected chi connectivity index (χ0v) is 10.6. The number of halogens is 3. The lowest BCUT2D eigenvalue weighted by Crippen LogP contribution is -2.06. The maximum Gasteiger partial charge on any atom is 0.416 e. The topological polar surface area (TPSA) is 52.3 Å². The normalized spacial score (nSPS) is 11.4. The van der Waals surface area contributed by atoms with Crippen LogP contribution in [0.2, 0.25) is 0 Å². The summed E-state index contributed by atoms with van der Waals surface area (Å²) in [5, 5.41) is 3.63. The molecule has 2 rings (SSSR count). The van der Waals surface area contributed by atoms with E-state index in [0.29, 0.717) is 0 Å². The van der Waals surface area contributed by atoms with Crippen molar-refractivity contribution in [1.29, 1.82) is 0 Å². The first-order valence-electron chi connectivity index (χ1n) is 5.57. The number of ether oxygens (including phenoxy) is 1. The van der Waals surface area contributed by atoms with Crippen LogP contribution < -0.4 is 0 Å². The van der Waals surface area contributed by atoms with Gasteiger partial charge in [-0.1, -0.05) is 17.3 Å². The number of aromatic nitrogens is 1. The summed E-state index contributed by atoms with van der Waals surface area (Å²) in [5.41, 5.74) is -0.643. The number of benzene rings is 1. The predicted molar refractivity (Wildman–Crippen MR) is 63.0 cm³/mol. The summed E-state index contributed by atoms with van der Waals surface area (Å²) in [5.74, 6) is -0.527. The van der Waals surface area contributed by atoms with Crippen LogP contribution in [0.5, 0.6) is 0 Å². The van der Waals surface area contributed by atoms with E-state index in [2.05, 4.69) is 9.89 Å². The standard InChI is InChI=1S/C13H10F3NO3/c1-7-10(12(18)19-2)11(17-20-7)8-4-3-5-9(6-8)13(14,15)16/h3-6H,1-2H3. The Kier molecular flexibility index (Phi) is 3.52. The maximum atomic E-state index is 12.7. The van der Waals surface area contributed by atoms with Gasteiger partial charge in [0, 0.05) is 5.56 Å². The van der Waals surface area contributed by atoms with E-state index in [4.69, 9.17) is 4.52 Å². The summed E-state index contributed by atoms with van der Waals surface area (Å²) in [6, 6.07) is 4.50. The molecule has 0 aliphatic carbocycles. The number of methoxy groups -OCH3 is 1. The Bertz CT molecular complexity index is 647. The number of aryl methyl sites for hydroxylation is 1. The van der Waals surface area contributed by atoms with Crippen LogP contribution >= 0.6 is 0 Å². The Morgan fingerprint density at radius 1 is 1.35 bits per heavy atom. The van der Waals surface area contributed by atoms with Crippen LogP contribution in [0.25, 0.3) is 11.3 Å². The van der Waals surface area contributed by atoms with Crippen LogP contribution in [0, 0.1) is 6.92 Å². The molecular formula is C13H10F3NO3. The van der Waals surface area contributed by atoms with Gasteiger partial charge in [0.2, 0.25) is 0 Å². The van der Waals surface area contributed by atoms with Crippen LogP contribution in [0.3, 0.4) is 0 Å². The second kappa shape index (κ2) is 4.99. The molecule has 0 aliphatic rings. The number of esters is 1. The minimum atomic E-state index is -4.47. The summed E-state index contributed by atoms with van der Waals surface area (Å²) in [4.78, 5) is 11.6. The van der Waals surface area contributed by atoms with Gasteiger partial charge in [0.25, 0.3) is 0 Å². The molecule has 20 heavy (non-hydrogen) atoms. The lowest BCUT2D eigenvalue weighted by Gasteiger charge is -2.08. The quantitative estimate of drug-likeness (QED) is 0.793. The SMILES string of the molecule is COC(=O)c1c(-c2cccc(C(F)(F)F)c2)noc1C. The first-order chi connectivity index (χ1) is 9.34. The molecule has 0 aliphatic heterocycles. The van der Waals surface area contributed by atoms with Gasteiger partial charge in [0.1, 0.15) is 17.0 Å². The molecule has 4 nitrogen and oxygen atoms in total. The third-order valence-electron chi connectivity index (χ3n) is 2.72. The number of carbonyl (C=O) groups is 1. The molecule has 1 heterocycles. The molecule has 0 atom stereocenters. The summed E-state index contributed by atoms with van der Waals surface area (Å²) < 4.78 is 47.5. The Labute approximate surface area is 112 Å². The zero-order valence-electron chi connectivity index (χ0n) is 10.6. The first-order valence-corrected chi connectivity index (χ1v) is 5.57. The molecule has 0 N–H and O–H groups in total. The summed E-state index contributed by atoms with van der Waals surface area (Å²) in [6.45, 7) is 1.48. The molecule has 0 saturated carbocycles. The van der Waals surface area contributed by atoms with Crippen LogP contribution in [0.4, 0.5) is 13.2 Å². The highest BCUT2D eigenvalue weighted by atomic mass is 19.4. The van der Waals surface area contributed by atoms with Crippen molar-refractivity contribution in [2.75, 3.05) is 7.11 Å². The van der Waals surface area contributed by atoms with Gasteiger partial charge in [-0.15, -0.1) is 0 Å².